The third-order valence-electron chi connectivity index (χ3n) is 3.94. The Balaban J connectivity index is 2.01. The van der Waals surface area contributed by atoms with E-state index in [0.29, 0.717) is 12.2 Å². The van der Waals surface area contributed by atoms with Crippen LogP contribution in [0, 0.1) is 5.82 Å². The first-order chi connectivity index (χ1) is 11.8. The van der Waals surface area contributed by atoms with Crippen molar-refractivity contribution < 1.29 is 4.39 Å². The van der Waals surface area contributed by atoms with Crippen LogP contribution in [0.3, 0.4) is 0 Å². The highest BCUT2D eigenvalue weighted by atomic mass is 19.1. The third-order valence-corrected chi connectivity index (χ3v) is 3.94. The summed E-state index contributed by atoms with van der Waals surface area (Å²) in [5.74, 6) is -0.282. The van der Waals surface area contributed by atoms with E-state index in [2.05, 4.69) is 20.2 Å². The molecule has 1 aromatic carbocycles. The molecule has 3 N–H and O–H groups in total. The normalized spacial score (nSPS) is 11.1. The van der Waals surface area contributed by atoms with E-state index >= 15 is 0 Å². The number of benzene rings is 1. The van der Waals surface area contributed by atoms with Crippen LogP contribution < -0.4 is 5.73 Å². The smallest absolute Gasteiger partial charge is 0.181 e. The number of halogens is 1. The number of nitrogens with two attached hydrogens (primary N) is 1. The Kier molecular flexibility index (Phi) is 3.51. The molecule has 5 nitrogen and oxygen atoms in total. The summed E-state index contributed by atoms with van der Waals surface area (Å²) in [4.78, 5) is 8.74. The molecule has 0 atom stereocenters. The van der Waals surface area contributed by atoms with Crippen LogP contribution in [0.5, 0.6) is 0 Å². The van der Waals surface area contributed by atoms with Crippen molar-refractivity contribution in [2.24, 2.45) is 5.73 Å². The fourth-order valence-electron chi connectivity index (χ4n) is 2.73. The van der Waals surface area contributed by atoms with E-state index in [4.69, 9.17) is 5.73 Å². The fourth-order valence-corrected chi connectivity index (χ4v) is 2.73. The van der Waals surface area contributed by atoms with E-state index in [-0.39, 0.29) is 5.82 Å². The largest absolute Gasteiger partial charge is 0.325 e. The van der Waals surface area contributed by atoms with Crippen LogP contribution in [0.1, 0.15) is 5.69 Å². The number of fused-ring (bicyclic) bond motifs is 1. The first-order valence-corrected chi connectivity index (χ1v) is 7.50. The average Bonchev–Trinajstić information content (AvgIpc) is 3.04. The van der Waals surface area contributed by atoms with Gasteiger partial charge in [0.15, 0.2) is 5.65 Å². The maximum absolute atomic E-state index is 13.3. The lowest BCUT2D eigenvalue weighted by Crippen LogP contribution is -1.97. The van der Waals surface area contributed by atoms with Crippen molar-refractivity contribution in [3.63, 3.8) is 0 Å². The zero-order valence-electron chi connectivity index (χ0n) is 12.7. The SMILES string of the molecule is NCc1[nH]nc2nc(-c3ccc(F)cc3)c(-c3ccncc3)cc12. The average molecular weight is 319 g/mol. The van der Waals surface area contributed by atoms with Gasteiger partial charge in [0.1, 0.15) is 5.82 Å². The summed E-state index contributed by atoms with van der Waals surface area (Å²) in [5.41, 5.74) is 10.6. The van der Waals surface area contributed by atoms with Crippen molar-refractivity contribution in [1.29, 1.82) is 0 Å². The Labute approximate surface area is 137 Å². The second-order valence-corrected chi connectivity index (χ2v) is 5.40. The zero-order valence-corrected chi connectivity index (χ0v) is 12.7. The minimum absolute atomic E-state index is 0.282. The molecule has 0 saturated heterocycles. The number of rotatable bonds is 3. The van der Waals surface area contributed by atoms with Crippen LogP contribution in [0.15, 0.2) is 54.9 Å². The Bertz CT molecular complexity index is 993. The van der Waals surface area contributed by atoms with Gasteiger partial charge in [-0.1, -0.05) is 0 Å². The Morgan fingerprint density at radius 3 is 2.46 bits per heavy atom. The molecule has 0 spiro atoms. The van der Waals surface area contributed by atoms with E-state index in [1.165, 1.54) is 12.1 Å². The van der Waals surface area contributed by atoms with Crippen molar-refractivity contribution in [1.82, 2.24) is 20.2 Å². The highest BCUT2D eigenvalue weighted by Crippen LogP contribution is 2.33. The molecule has 0 fully saturated rings. The van der Waals surface area contributed by atoms with E-state index in [1.807, 2.05) is 18.2 Å². The van der Waals surface area contributed by atoms with E-state index in [0.717, 1.165) is 33.5 Å². The lowest BCUT2D eigenvalue weighted by molar-refractivity contribution is 0.628. The number of aromatic amines is 1. The van der Waals surface area contributed by atoms with E-state index < -0.39 is 0 Å². The van der Waals surface area contributed by atoms with Crippen molar-refractivity contribution in [3.8, 4) is 22.4 Å². The second kappa shape index (κ2) is 5.82. The van der Waals surface area contributed by atoms with Crippen LogP contribution in [-0.4, -0.2) is 20.2 Å². The summed E-state index contributed by atoms with van der Waals surface area (Å²) in [6.07, 6.45) is 3.46. The molecule has 0 bridgehead atoms. The third kappa shape index (κ3) is 2.43. The molecule has 6 heteroatoms. The lowest BCUT2D eigenvalue weighted by atomic mass is 9.98. The number of hydrogen-bond acceptors (Lipinski definition) is 4. The molecule has 0 unspecified atom stereocenters. The van der Waals surface area contributed by atoms with Gasteiger partial charge in [0.2, 0.25) is 0 Å². The molecular formula is C18H14FN5. The number of H-pyrrole nitrogens is 1. The molecule has 4 aromatic rings. The molecule has 24 heavy (non-hydrogen) atoms. The molecular weight excluding hydrogens is 305 g/mol. The number of pyridine rings is 2. The van der Waals surface area contributed by atoms with Crippen molar-refractivity contribution in [2.75, 3.05) is 0 Å². The van der Waals surface area contributed by atoms with Gasteiger partial charge in [0.25, 0.3) is 0 Å². The first kappa shape index (κ1) is 14.5. The van der Waals surface area contributed by atoms with Crippen LogP contribution in [0.2, 0.25) is 0 Å². The maximum atomic E-state index is 13.3. The lowest BCUT2D eigenvalue weighted by Gasteiger charge is -2.10. The molecule has 3 heterocycles. The van der Waals surface area contributed by atoms with Gasteiger partial charge in [-0.3, -0.25) is 10.1 Å². The fraction of sp³-hybridized carbons (Fsp3) is 0.0556. The van der Waals surface area contributed by atoms with Gasteiger partial charge in [-0.05, 0) is 48.0 Å². The number of nitrogens with one attached hydrogen (secondary N) is 1. The highest BCUT2D eigenvalue weighted by Gasteiger charge is 2.15. The van der Waals surface area contributed by atoms with Crippen molar-refractivity contribution >= 4 is 11.0 Å². The number of aromatic nitrogens is 4. The minimum Gasteiger partial charge on any atom is -0.325 e. The van der Waals surface area contributed by atoms with Crippen LogP contribution in [0.25, 0.3) is 33.4 Å². The molecule has 118 valence electrons. The predicted octanol–water partition coefficient (Wildman–Crippen LogP) is 3.28. The Morgan fingerprint density at radius 1 is 1.00 bits per heavy atom. The molecule has 4 rings (SSSR count). The standard InChI is InChI=1S/C18H14FN5/c19-13-3-1-12(2-4-13)17-14(11-5-7-21-8-6-11)9-15-16(10-20)23-24-18(15)22-17/h1-9H,10,20H2,(H,22,23,24). The second-order valence-electron chi connectivity index (χ2n) is 5.40. The molecule has 3 aromatic heterocycles. The van der Waals surface area contributed by atoms with Gasteiger partial charge in [-0.2, -0.15) is 5.10 Å². The summed E-state index contributed by atoms with van der Waals surface area (Å²) in [7, 11) is 0. The molecule has 0 radical (unpaired) electrons. The monoisotopic (exact) mass is 319 g/mol. The summed E-state index contributed by atoms with van der Waals surface area (Å²) in [6, 6.07) is 12.1. The first-order valence-electron chi connectivity index (χ1n) is 7.50. The quantitative estimate of drug-likeness (QED) is 0.607. The van der Waals surface area contributed by atoms with Crippen LogP contribution in [0.4, 0.5) is 4.39 Å². The van der Waals surface area contributed by atoms with Crippen LogP contribution >= 0.6 is 0 Å². The van der Waals surface area contributed by atoms with Crippen molar-refractivity contribution in [2.45, 2.75) is 6.54 Å². The van der Waals surface area contributed by atoms with Crippen molar-refractivity contribution in [3.05, 3.63) is 66.4 Å². The molecule has 0 aliphatic heterocycles. The van der Waals surface area contributed by atoms with E-state index in [9.17, 15) is 4.39 Å². The molecule has 0 aliphatic rings. The van der Waals surface area contributed by atoms with Gasteiger partial charge in [0.05, 0.1) is 11.4 Å². The maximum Gasteiger partial charge on any atom is 0.181 e. The van der Waals surface area contributed by atoms with Gasteiger partial charge in [-0.25, -0.2) is 9.37 Å². The van der Waals surface area contributed by atoms with Gasteiger partial charge < -0.3 is 5.73 Å². The van der Waals surface area contributed by atoms with Gasteiger partial charge in [0, 0.05) is 35.5 Å². The number of hydrogen-bond donors (Lipinski definition) is 2. The van der Waals surface area contributed by atoms with E-state index in [1.54, 1.807) is 24.5 Å². The summed E-state index contributed by atoms with van der Waals surface area (Å²) >= 11 is 0. The highest BCUT2D eigenvalue weighted by molar-refractivity contribution is 5.91. The molecule has 0 saturated carbocycles. The summed E-state index contributed by atoms with van der Waals surface area (Å²) in [5, 5.41) is 8.03. The Hall–Kier alpha value is -3.12. The van der Waals surface area contributed by atoms with Gasteiger partial charge >= 0.3 is 0 Å². The van der Waals surface area contributed by atoms with Crippen LogP contribution in [-0.2, 0) is 6.54 Å². The topological polar surface area (TPSA) is 80.5 Å². The zero-order chi connectivity index (χ0) is 16.5. The summed E-state index contributed by atoms with van der Waals surface area (Å²) < 4.78 is 13.3. The molecule has 0 amide bonds. The predicted molar refractivity (Wildman–Crippen MR) is 90.4 cm³/mol. The Morgan fingerprint density at radius 2 is 1.75 bits per heavy atom. The molecule has 0 aliphatic carbocycles. The van der Waals surface area contributed by atoms with Gasteiger partial charge in [-0.15, -0.1) is 0 Å². The summed E-state index contributed by atoms with van der Waals surface area (Å²) in [6.45, 7) is 0.351. The minimum atomic E-state index is -0.282. The number of nitrogens with zero attached hydrogens (tertiary/aromatic N) is 3.